The van der Waals surface area contributed by atoms with Crippen LogP contribution in [0.1, 0.15) is 37.0 Å². The van der Waals surface area contributed by atoms with Crippen LogP contribution in [0.15, 0.2) is 24.3 Å². The average molecular weight is 261 g/mol. The summed E-state index contributed by atoms with van der Waals surface area (Å²) in [6.45, 7) is 4.69. The molecule has 0 bridgehead atoms. The van der Waals surface area contributed by atoms with Crippen LogP contribution in [0.4, 0.5) is 0 Å². The fourth-order valence-corrected chi connectivity index (χ4v) is 3.33. The van der Waals surface area contributed by atoms with E-state index in [1.54, 1.807) is 0 Å². The second-order valence-electron chi connectivity index (χ2n) is 5.97. The summed E-state index contributed by atoms with van der Waals surface area (Å²) in [6, 6.07) is 8.48. The van der Waals surface area contributed by atoms with E-state index in [1.807, 2.05) is 0 Å². The van der Waals surface area contributed by atoms with Gasteiger partial charge >= 0.3 is 0 Å². The smallest absolute Gasteiger partial charge is 0.0855 e. The SMILES string of the molecule is CC1CNCCC1(O)CC1OCCc2ccccc21. The molecule has 3 nitrogen and oxygen atoms in total. The molecule has 0 aliphatic carbocycles. The predicted molar refractivity (Wildman–Crippen MR) is 75.1 cm³/mol. The molecule has 0 saturated carbocycles. The summed E-state index contributed by atoms with van der Waals surface area (Å²) >= 11 is 0. The Morgan fingerprint density at radius 2 is 2.26 bits per heavy atom. The summed E-state index contributed by atoms with van der Waals surface area (Å²) in [5.41, 5.74) is 2.05. The number of fused-ring (bicyclic) bond motifs is 1. The average Bonchev–Trinajstić information content (AvgIpc) is 2.43. The van der Waals surface area contributed by atoms with Crippen LogP contribution < -0.4 is 5.32 Å². The molecule has 3 unspecified atom stereocenters. The van der Waals surface area contributed by atoms with Gasteiger partial charge in [-0.3, -0.25) is 0 Å². The van der Waals surface area contributed by atoms with Crippen molar-refractivity contribution in [3.05, 3.63) is 35.4 Å². The summed E-state index contributed by atoms with van der Waals surface area (Å²) in [4.78, 5) is 0. The van der Waals surface area contributed by atoms with Crippen LogP contribution in [-0.4, -0.2) is 30.4 Å². The van der Waals surface area contributed by atoms with Gasteiger partial charge in [0.2, 0.25) is 0 Å². The summed E-state index contributed by atoms with van der Waals surface area (Å²) in [7, 11) is 0. The third-order valence-corrected chi connectivity index (χ3v) is 4.73. The maximum absolute atomic E-state index is 10.9. The molecule has 0 spiro atoms. The van der Waals surface area contributed by atoms with E-state index in [0.717, 1.165) is 32.5 Å². The van der Waals surface area contributed by atoms with Gasteiger partial charge in [-0.25, -0.2) is 0 Å². The third-order valence-electron chi connectivity index (χ3n) is 4.73. The lowest BCUT2D eigenvalue weighted by Gasteiger charge is -2.41. The molecular weight excluding hydrogens is 238 g/mol. The quantitative estimate of drug-likeness (QED) is 0.856. The highest BCUT2D eigenvalue weighted by atomic mass is 16.5. The van der Waals surface area contributed by atoms with Gasteiger partial charge in [0.25, 0.3) is 0 Å². The number of aliphatic hydroxyl groups is 1. The van der Waals surface area contributed by atoms with Crippen LogP contribution in [0, 0.1) is 5.92 Å². The zero-order valence-electron chi connectivity index (χ0n) is 11.6. The van der Waals surface area contributed by atoms with Gasteiger partial charge < -0.3 is 15.2 Å². The molecule has 2 heterocycles. The van der Waals surface area contributed by atoms with Crippen molar-refractivity contribution in [3.8, 4) is 0 Å². The lowest BCUT2D eigenvalue weighted by Crippen LogP contribution is -2.50. The maximum atomic E-state index is 10.9. The largest absolute Gasteiger partial charge is 0.389 e. The molecule has 3 atom stereocenters. The molecule has 2 N–H and O–H groups in total. The summed E-state index contributed by atoms with van der Waals surface area (Å²) in [5.74, 6) is 0.277. The van der Waals surface area contributed by atoms with Crippen LogP contribution in [0.2, 0.25) is 0 Å². The van der Waals surface area contributed by atoms with Crippen LogP contribution in [-0.2, 0) is 11.2 Å². The van der Waals surface area contributed by atoms with E-state index in [4.69, 9.17) is 4.74 Å². The second-order valence-corrected chi connectivity index (χ2v) is 5.97. The van der Waals surface area contributed by atoms with Gasteiger partial charge in [0.05, 0.1) is 18.3 Å². The highest BCUT2D eigenvalue weighted by Crippen LogP contribution is 2.38. The number of benzene rings is 1. The summed E-state index contributed by atoms with van der Waals surface area (Å²) in [5, 5.41) is 14.2. The minimum absolute atomic E-state index is 0.0514. The monoisotopic (exact) mass is 261 g/mol. The topological polar surface area (TPSA) is 41.5 Å². The molecular formula is C16H23NO2. The van der Waals surface area contributed by atoms with Gasteiger partial charge in [-0.05, 0) is 36.4 Å². The maximum Gasteiger partial charge on any atom is 0.0855 e. The van der Waals surface area contributed by atoms with Gasteiger partial charge in [0.15, 0.2) is 0 Å². The van der Waals surface area contributed by atoms with Crippen molar-refractivity contribution in [1.82, 2.24) is 5.32 Å². The van der Waals surface area contributed by atoms with Crippen LogP contribution >= 0.6 is 0 Å². The van der Waals surface area contributed by atoms with Crippen molar-refractivity contribution >= 4 is 0 Å². The molecule has 1 saturated heterocycles. The Morgan fingerprint density at radius 1 is 1.42 bits per heavy atom. The Balaban J connectivity index is 1.80. The molecule has 104 valence electrons. The lowest BCUT2D eigenvalue weighted by atomic mass is 9.77. The van der Waals surface area contributed by atoms with Crippen molar-refractivity contribution in [3.63, 3.8) is 0 Å². The first-order valence-electron chi connectivity index (χ1n) is 7.31. The van der Waals surface area contributed by atoms with E-state index in [2.05, 4.69) is 36.5 Å². The van der Waals surface area contributed by atoms with E-state index in [1.165, 1.54) is 11.1 Å². The Hall–Kier alpha value is -0.900. The first-order valence-corrected chi connectivity index (χ1v) is 7.31. The molecule has 3 heteroatoms. The van der Waals surface area contributed by atoms with Gasteiger partial charge in [-0.15, -0.1) is 0 Å². The number of ether oxygens (including phenoxy) is 1. The van der Waals surface area contributed by atoms with E-state index >= 15 is 0 Å². The number of nitrogens with one attached hydrogen (secondary N) is 1. The van der Waals surface area contributed by atoms with Gasteiger partial charge in [0, 0.05) is 13.0 Å². The fraction of sp³-hybridized carbons (Fsp3) is 0.625. The normalized spacial score (nSPS) is 34.8. The molecule has 0 amide bonds. The molecule has 2 aliphatic heterocycles. The van der Waals surface area contributed by atoms with Gasteiger partial charge in [0.1, 0.15) is 0 Å². The summed E-state index contributed by atoms with van der Waals surface area (Å²) in [6.07, 6.45) is 2.57. The van der Waals surface area contributed by atoms with Crippen LogP contribution in [0.25, 0.3) is 0 Å². The van der Waals surface area contributed by atoms with Crippen molar-refractivity contribution in [2.75, 3.05) is 19.7 Å². The third kappa shape index (κ3) is 2.55. The Kier molecular flexibility index (Phi) is 3.61. The standard InChI is InChI=1S/C16H23NO2/c1-12-11-17-8-7-16(12,18)10-15-14-5-3-2-4-13(14)6-9-19-15/h2-5,12,15,17-18H,6-11H2,1H3. The Bertz CT molecular complexity index is 448. The number of piperidine rings is 1. The molecule has 1 aromatic carbocycles. The number of hydrogen-bond acceptors (Lipinski definition) is 3. The Morgan fingerprint density at radius 3 is 3.11 bits per heavy atom. The van der Waals surface area contributed by atoms with E-state index in [-0.39, 0.29) is 12.0 Å². The molecule has 1 aromatic rings. The van der Waals surface area contributed by atoms with Gasteiger partial charge in [-0.1, -0.05) is 31.2 Å². The minimum atomic E-state index is -0.597. The molecule has 1 fully saturated rings. The zero-order chi connectivity index (χ0) is 13.3. The molecule has 0 radical (unpaired) electrons. The lowest BCUT2D eigenvalue weighted by molar-refractivity contribution is -0.0874. The number of rotatable bonds is 2. The predicted octanol–water partition coefficient (Wildman–Crippen LogP) is 2.05. The molecule has 3 rings (SSSR count). The zero-order valence-corrected chi connectivity index (χ0v) is 11.6. The highest BCUT2D eigenvalue weighted by molar-refractivity contribution is 5.31. The second kappa shape index (κ2) is 5.23. The van der Waals surface area contributed by atoms with Crippen LogP contribution in [0.3, 0.4) is 0 Å². The minimum Gasteiger partial charge on any atom is -0.389 e. The van der Waals surface area contributed by atoms with Crippen LogP contribution in [0.5, 0.6) is 0 Å². The molecule has 0 aromatic heterocycles. The summed E-state index contributed by atoms with van der Waals surface area (Å²) < 4.78 is 5.94. The molecule has 2 aliphatic rings. The number of hydrogen-bond donors (Lipinski definition) is 2. The van der Waals surface area contributed by atoms with Crippen molar-refractivity contribution < 1.29 is 9.84 Å². The van der Waals surface area contributed by atoms with Gasteiger partial charge in [-0.2, -0.15) is 0 Å². The van der Waals surface area contributed by atoms with E-state index in [9.17, 15) is 5.11 Å². The van der Waals surface area contributed by atoms with Crippen molar-refractivity contribution in [1.29, 1.82) is 0 Å². The van der Waals surface area contributed by atoms with Crippen molar-refractivity contribution in [2.45, 2.75) is 37.9 Å². The molecule has 19 heavy (non-hydrogen) atoms. The first kappa shape index (κ1) is 13.1. The van der Waals surface area contributed by atoms with Crippen molar-refractivity contribution in [2.24, 2.45) is 5.92 Å². The fourth-order valence-electron chi connectivity index (χ4n) is 3.33. The van der Waals surface area contributed by atoms with E-state index in [0.29, 0.717) is 6.42 Å². The Labute approximate surface area is 115 Å². The van der Waals surface area contributed by atoms with E-state index < -0.39 is 5.60 Å². The highest BCUT2D eigenvalue weighted by Gasteiger charge is 2.39. The first-order chi connectivity index (χ1) is 9.19.